The van der Waals surface area contributed by atoms with Gasteiger partial charge in [0.05, 0.1) is 6.42 Å². The Morgan fingerprint density at radius 1 is 1.27 bits per heavy atom. The van der Waals surface area contributed by atoms with Gasteiger partial charge in [-0.2, -0.15) is 8.78 Å². The van der Waals surface area contributed by atoms with E-state index in [1.807, 2.05) is 5.38 Å². The molecule has 0 saturated carbocycles. The molecule has 7 heteroatoms. The third-order valence-electron chi connectivity index (χ3n) is 3.90. The Morgan fingerprint density at radius 2 is 2.04 bits per heavy atom. The number of aliphatic carboxylic acids is 1. The molecular weight excluding hydrogens is 360 g/mol. The summed E-state index contributed by atoms with van der Waals surface area (Å²) < 4.78 is 34.1. The number of carboxylic acids is 1. The number of hydrogen-bond donors (Lipinski definition) is 1. The van der Waals surface area contributed by atoms with Crippen molar-refractivity contribution in [2.75, 3.05) is 0 Å². The van der Waals surface area contributed by atoms with Gasteiger partial charge < -0.3 is 9.84 Å². The lowest BCUT2D eigenvalue weighted by molar-refractivity contribution is -0.136. The molecule has 0 aliphatic carbocycles. The Bertz CT molecular complexity index is 963. The van der Waals surface area contributed by atoms with Crippen LogP contribution in [-0.4, -0.2) is 16.1 Å². The van der Waals surface area contributed by atoms with Crippen molar-refractivity contribution in [3.05, 3.63) is 58.2 Å². The molecule has 3 aromatic rings. The van der Waals surface area contributed by atoms with Crippen LogP contribution >= 0.6 is 11.3 Å². The van der Waals surface area contributed by atoms with E-state index in [9.17, 15) is 13.6 Å². The standard InChI is InChI=1S/C19H17F2NO3S/c1-11-3-4-12(18(22-11)19(2,20)21)9-25-14-5-6-15-13(7-17(23)24)10-26-16(15)8-14/h3-6,8,10H,7,9H2,1-2H3,(H,23,24). The van der Waals surface area contributed by atoms with Crippen LogP contribution in [0.4, 0.5) is 8.78 Å². The van der Waals surface area contributed by atoms with Crippen LogP contribution < -0.4 is 4.74 Å². The Labute approximate surface area is 153 Å². The van der Waals surface area contributed by atoms with E-state index in [4.69, 9.17) is 9.84 Å². The van der Waals surface area contributed by atoms with Gasteiger partial charge in [0.2, 0.25) is 0 Å². The van der Waals surface area contributed by atoms with Crippen molar-refractivity contribution < 1.29 is 23.4 Å². The number of aryl methyl sites for hydroxylation is 1. The average molecular weight is 377 g/mol. The number of nitrogens with zero attached hydrogens (tertiary/aromatic N) is 1. The Balaban J connectivity index is 1.81. The van der Waals surface area contributed by atoms with Crippen LogP contribution in [0.1, 0.15) is 29.4 Å². The maximum atomic E-state index is 13.8. The number of pyridine rings is 1. The molecule has 26 heavy (non-hydrogen) atoms. The monoisotopic (exact) mass is 377 g/mol. The zero-order valence-electron chi connectivity index (χ0n) is 14.3. The van der Waals surface area contributed by atoms with Crippen LogP contribution in [0.3, 0.4) is 0 Å². The van der Waals surface area contributed by atoms with Crippen molar-refractivity contribution in [1.82, 2.24) is 4.98 Å². The highest BCUT2D eigenvalue weighted by Gasteiger charge is 2.29. The Kier molecular flexibility index (Phi) is 4.91. The van der Waals surface area contributed by atoms with Crippen molar-refractivity contribution in [1.29, 1.82) is 0 Å². The second kappa shape index (κ2) is 6.99. The molecule has 3 rings (SSSR count). The highest BCUT2D eigenvalue weighted by molar-refractivity contribution is 7.17. The smallest absolute Gasteiger partial charge is 0.307 e. The molecule has 0 aliphatic rings. The van der Waals surface area contributed by atoms with E-state index in [1.54, 1.807) is 37.3 Å². The summed E-state index contributed by atoms with van der Waals surface area (Å²) in [6.45, 7) is 2.46. The number of rotatable bonds is 6. The summed E-state index contributed by atoms with van der Waals surface area (Å²) >= 11 is 1.43. The fourth-order valence-corrected chi connectivity index (χ4v) is 3.69. The zero-order valence-corrected chi connectivity index (χ0v) is 15.1. The lowest BCUT2D eigenvalue weighted by Gasteiger charge is -2.16. The van der Waals surface area contributed by atoms with E-state index in [0.717, 1.165) is 22.6 Å². The maximum Gasteiger partial charge on any atom is 0.307 e. The number of carbonyl (C=O) groups is 1. The van der Waals surface area contributed by atoms with Gasteiger partial charge in [-0.25, -0.2) is 0 Å². The fourth-order valence-electron chi connectivity index (χ4n) is 2.70. The maximum absolute atomic E-state index is 13.8. The number of halogens is 2. The van der Waals surface area contributed by atoms with E-state index < -0.39 is 11.9 Å². The summed E-state index contributed by atoms with van der Waals surface area (Å²) in [4.78, 5) is 14.8. The van der Waals surface area contributed by atoms with Crippen LogP contribution in [-0.2, 0) is 23.7 Å². The molecule has 0 bridgehead atoms. The summed E-state index contributed by atoms with van der Waals surface area (Å²) in [7, 11) is 0. The Hall–Kier alpha value is -2.54. The van der Waals surface area contributed by atoms with E-state index in [-0.39, 0.29) is 18.7 Å². The predicted octanol–water partition coefficient (Wildman–Crippen LogP) is 4.92. The number of hydrogen-bond acceptors (Lipinski definition) is 4. The largest absolute Gasteiger partial charge is 0.489 e. The van der Waals surface area contributed by atoms with Gasteiger partial charge in [-0.1, -0.05) is 6.07 Å². The van der Waals surface area contributed by atoms with Crippen molar-refractivity contribution >= 4 is 27.4 Å². The predicted molar refractivity (Wildman–Crippen MR) is 96.0 cm³/mol. The van der Waals surface area contributed by atoms with Gasteiger partial charge in [-0.15, -0.1) is 11.3 Å². The van der Waals surface area contributed by atoms with E-state index >= 15 is 0 Å². The van der Waals surface area contributed by atoms with Crippen LogP contribution in [0.15, 0.2) is 35.7 Å². The molecule has 1 aromatic carbocycles. The third kappa shape index (κ3) is 3.99. The van der Waals surface area contributed by atoms with Gasteiger partial charge in [0.15, 0.2) is 0 Å². The van der Waals surface area contributed by atoms with Crippen LogP contribution in [0.2, 0.25) is 0 Å². The molecule has 2 heterocycles. The molecule has 0 radical (unpaired) electrons. The number of carboxylic acid groups (broad SMARTS) is 1. The summed E-state index contributed by atoms with van der Waals surface area (Å²) in [5, 5.41) is 11.6. The van der Waals surface area contributed by atoms with E-state index in [0.29, 0.717) is 17.0 Å². The van der Waals surface area contributed by atoms with Gasteiger partial charge in [-0.05, 0) is 47.5 Å². The molecule has 1 N–H and O–H groups in total. The second-order valence-electron chi connectivity index (χ2n) is 6.13. The number of ether oxygens (including phenoxy) is 1. The number of aromatic nitrogens is 1. The molecule has 4 nitrogen and oxygen atoms in total. The molecule has 0 unspecified atom stereocenters. The first-order chi connectivity index (χ1) is 12.2. The van der Waals surface area contributed by atoms with Gasteiger partial charge in [0.1, 0.15) is 18.1 Å². The summed E-state index contributed by atoms with van der Waals surface area (Å²) in [6.07, 6.45) is -0.0375. The van der Waals surface area contributed by atoms with E-state index in [2.05, 4.69) is 4.98 Å². The zero-order chi connectivity index (χ0) is 18.9. The molecule has 0 fully saturated rings. The molecule has 2 aromatic heterocycles. The summed E-state index contributed by atoms with van der Waals surface area (Å²) in [6, 6.07) is 8.57. The van der Waals surface area contributed by atoms with Gasteiger partial charge >= 0.3 is 5.97 Å². The molecule has 136 valence electrons. The SMILES string of the molecule is Cc1ccc(COc2ccc3c(CC(=O)O)csc3c2)c(C(C)(F)F)n1. The minimum Gasteiger partial charge on any atom is -0.489 e. The lowest BCUT2D eigenvalue weighted by Crippen LogP contribution is -2.15. The topological polar surface area (TPSA) is 59.4 Å². The van der Waals surface area contributed by atoms with E-state index in [1.165, 1.54) is 11.3 Å². The third-order valence-corrected chi connectivity index (χ3v) is 4.89. The average Bonchev–Trinajstić information content (AvgIpc) is 2.94. The summed E-state index contributed by atoms with van der Waals surface area (Å²) in [5.41, 5.74) is 1.33. The normalized spacial score (nSPS) is 11.7. The van der Waals surface area contributed by atoms with Gasteiger partial charge in [0.25, 0.3) is 5.92 Å². The summed E-state index contributed by atoms with van der Waals surface area (Å²) in [5.74, 6) is -3.40. The first-order valence-corrected chi connectivity index (χ1v) is 8.81. The number of alkyl halides is 2. The lowest BCUT2D eigenvalue weighted by atomic mass is 10.1. The fraction of sp³-hybridized carbons (Fsp3) is 0.263. The number of fused-ring (bicyclic) bond motifs is 1. The minimum absolute atomic E-state index is 0.0229. The first-order valence-electron chi connectivity index (χ1n) is 7.93. The van der Waals surface area contributed by atoms with Crippen molar-refractivity contribution in [2.24, 2.45) is 0 Å². The molecule has 0 aliphatic heterocycles. The quantitative estimate of drug-likeness (QED) is 0.662. The highest BCUT2D eigenvalue weighted by atomic mass is 32.1. The van der Waals surface area contributed by atoms with Gasteiger partial charge in [-0.3, -0.25) is 9.78 Å². The molecule has 0 saturated heterocycles. The molecule has 0 amide bonds. The Morgan fingerprint density at radius 3 is 2.73 bits per heavy atom. The van der Waals surface area contributed by atoms with Crippen molar-refractivity contribution in [3.63, 3.8) is 0 Å². The second-order valence-corrected chi connectivity index (χ2v) is 7.04. The number of benzene rings is 1. The first kappa shape index (κ1) is 18.3. The van der Waals surface area contributed by atoms with Crippen LogP contribution in [0.5, 0.6) is 5.75 Å². The number of thiophene rings is 1. The highest BCUT2D eigenvalue weighted by Crippen LogP contribution is 2.32. The van der Waals surface area contributed by atoms with Crippen molar-refractivity contribution in [3.8, 4) is 5.75 Å². The van der Waals surface area contributed by atoms with Crippen LogP contribution in [0, 0.1) is 6.92 Å². The molecular formula is C19H17F2NO3S. The van der Waals surface area contributed by atoms with Gasteiger partial charge in [0, 0.05) is 22.9 Å². The molecule has 0 atom stereocenters. The minimum atomic E-state index is -3.05. The molecule has 0 spiro atoms. The van der Waals surface area contributed by atoms with Crippen molar-refractivity contribution in [2.45, 2.75) is 32.8 Å². The van der Waals surface area contributed by atoms with Crippen LogP contribution in [0.25, 0.3) is 10.1 Å².